The van der Waals surface area contributed by atoms with Gasteiger partial charge in [-0.25, -0.2) is 0 Å². The van der Waals surface area contributed by atoms with Crippen LogP contribution in [0.3, 0.4) is 0 Å². The maximum absolute atomic E-state index is 5.96. The largest absolute Gasteiger partial charge is 0.493 e. The van der Waals surface area contributed by atoms with Gasteiger partial charge in [-0.3, -0.25) is 0 Å². The number of nitrogens with zero attached hydrogens (tertiary/aromatic N) is 1. The zero-order chi connectivity index (χ0) is 13.2. The fraction of sp³-hybridized carbons (Fsp3) is 0.625. The van der Waals surface area contributed by atoms with Gasteiger partial charge in [0.2, 0.25) is 0 Å². The Morgan fingerprint density at radius 3 is 2.58 bits per heavy atom. The van der Waals surface area contributed by atoms with Gasteiger partial charge in [0.25, 0.3) is 0 Å². The van der Waals surface area contributed by atoms with Crippen LogP contribution >= 0.6 is 0 Å². The molecule has 1 aromatic rings. The number of piperidine rings is 1. The molecule has 2 aliphatic rings. The number of hydrogen-bond acceptors (Lipinski definition) is 3. The Bertz CT molecular complexity index is 434. The van der Waals surface area contributed by atoms with Crippen LogP contribution in [0, 0.1) is 12.8 Å². The van der Waals surface area contributed by atoms with Crippen molar-refractivity contribution >= 4 is 5.69 Å². The zero-order valence-electron chi connectivity index (χ0n) is 11.8. The molecule has 1 heterocycles. The molecule has 1 saturated carbocycles. The molecule has 0 bridgehead atoms. The summed E-state index contributed by atoms with van der Waals surface area (Å²) in [5.41, 5.74) is 8.51. The van der Waals surface area contributed by atoms with E-state index in [1.807, 2.05) is 0 Å². The Hall–Kier alpha value is -1.22. The van der Waals surface area contributed by atoms with Gasteiger partial charge in [0.05, 0.1) is 6.61 Å². The van der Waals surface area contributed by atoms with E-state index in [2.05, 4.69) is 30.0 Å². The first-order chi connectivity index (χ1) is 9.22. The first-order valence-corrected chi connectivity index (χ1v) is 7.46. The second-order valence-corrected chi connectivity index (χ2v) is 6.03. The number of anilines is 1. The molecule has 2 fully saturated rings. The summed E-state index contributed by atoms with van der Waals surface area (Å²) < 4.78 is 5.88. The van der Waals surface area contributed by atoms with E-state index in [1.165, 1.54) is 24.1 Å². The van der Waals surface area contributed by atoms with Crippen molar-refractivity contribution in [3.63, 3.8) is 0 Å². The first-order valence-electron chi connectivity index (χ1n) is 7.46. The molecular weight excluding hydrogens is 236 g/mol. The third kappa shape index (κ3) is 3.21. The lowest BCUT2D eigenvalue weighted by Crippen LogP contribution is -2.39. The van der Waals surface area contributed by atoms with Gasteiger partial charge in [-0.05, 0) is 62.3 Å². The summed E-state index contributed by atoms with van der Waals surface area (Å²) in [5.74, 6) is 1.85. The van der Waals surface area contributed by atoms with Gasteiger partial charge < -0.3 is 15.4 Å². The van der Waals surface area contributed by atoms with Crippen molar-refractivity contribution in [1.82, 2.24) is 0 Å². The third-order valence-electron chi connectivity index (χ3n) is 4.23. The van der Waals surface area contributed by atoms with Gasteiger partial charge in [0.15, 0.2) is 0 Å². The Kier molecular flexibility index (Phi) is 3.65. The molecule has 1 aromatic carbocycles. The summed E-state index contributed by atoms with van der Waals surface area (Å²) in [5, 5.41) is 0. The average molecular weight is 260 g/mol. The Balaban J connectivity index is 1.64. The van der Waals surface area contributed by atoms with E-state index < -0.39 is 0 Å². The smallest absolute Gasteiger partial charge is 0.122 e. The van der Waals surface area contributed by atoms with Crippen LogP contribution in [0.5, 0.6) is 5.75 Å². The van der Waals surface area contributed by atoms with Gasteiger partial charge >= 0.3 is 0 Å². The molecular formula is C16H24N2O. The van der Waals surface area contributed by atoms with E-state index in [-0.39, 0.29) is 0 Å². The molecule has 1 aliphatic carbocycles. The van der Waals surface area contributed by atoms with E-state index in [0.717, 1.165) is 44.2 Å². The highest BCUT2D eigenvalue weighted by atomic mass is 16.5. The molecule has 1 saturated heterocycles. The molecule has 0 unspecified atom stereocenters. The van der Waals surface area contributed by atoms with Gasteiger partial charge in [-0.1, -0.05) is 0 Å². The zero-order valence-corrected chi connectivity index (χ0v) is 11.8. The molecule has 0 atom stereocenters. The molecule has 2 N–H and O–H groups in total. The third-order valence-corrected chi connectivity index (χ3v) is 4.23. The molecule has 3 rings (SSSR count). The lowest BCUT2D eigenvalue weighted by Gasteiger charge is -2.32. The minimum absolute atomic E-state index is 0.387. The fourth-order valence-electron chi connectivity index (χ4n) is 2.64. The van der Waals surface area contributed by atoms with E-state index in [1.54, 1.807) is 0 Å². The van der Waals surface area contributed by atoms with Crippen molar-refractivity contribution in [3.8, 4) is 5.75 Å². The standard InChI is InChI=1S/C16H24N2O/c1-12-10-15(18-8-6-14(17)7-9-18)4-5-16(12)19-11-13-2-3-13/h4-5,10,13-14H,2-3,6-9,11,17H2,1H3. The van der Waals surface area contributed by atoms with Crippen LogP contribution < -0.4 is 15.4 Å². The minimum atomic E-state index is 0.387. The van der Waals surface area contributed by atoms with E-state index in [0.29, 0.717) is 6.04 Å². The molecule has 0 aromatic heterocycles. The minimum Gasteiger partial charge on any atom is -0.493 e. The Morgan fingerprint density at radius 1 is 1.21 bits per heavy atom. The van der Waals surface area contributed by atoms with Crippen LogP contribution in [0.2, 0.25) is 0 Å². The molecule has 0 amide bonds. The second kappa shape index (κ2) is 5.41. The van der Waals surface area contributed by atoms with Gasteiger partial charge in [0, 0.05) is 24.8 Å². The SMILES string of the molecule is Cc1cc(N2CCC(N)CC2)ccc1OCC1CC1. The van der Waals surface area contributed by atoms with Crippen molar-refractivity contribution in [2.75, 3.05) is 24.6 Å². The molecule has 0 radical (unpaired) electrons. The quantitative estimate of drug-likeness (QED) is 0.904. The number of hydrogen-bond donors (Lipinski definition) is 1. The molecule has 19 heavy (non-hydrogen) atoms. The Labute approximate surface area is 115 Å². The van der Waals surface area contributed by atoms with E-state index in [9.17, 15) is 0 Å². The van der Waals surface area contributed by atoms with Crippen molar-refractivity contribution in [2.24, 2.45) is 11.7 Å². The highest BCUT2D eigenvalue weighted by Gasteiger charge is 2.22. The van der Waals surface area contributed by atoms with Gasteiger partial charge in [-0.15, -0.1) is 0 Å². The Morgan fingerprint density at radius 2 is 1.95 bits per heavy atom. The maximum atomic E-state index is 5.96. The lowest BCUT2D eigenvalue weighted by molar-refractivity contribution is 0.298. The fourth-order valence-corrected chi connectivity index (χ4v) is 2.64. The van der Waals surface area contributed by atoms with Crippen molar-refractivity contribution in [2.45, 2.75) is 38.6 Å². The maximum Gasteiger partial charge on any atom is 0.122 e. The van der Waals surface area contributed by atoms with Crippen molar-refractivity contribution in [1.29, 1.82) is 0 Å². The van der Waals surface area contributed by atoms with Crippen LogP contribution in [0.15, 0.2) is 18.2 Å². The summed E-state index contributed by atoms with van der Waals surface area (Å²) in [6, 6.07) is 6.95. The van der Waals surface area contributed by atoms with E-state index >= 15 is 0 Å². The second-order valence-electron chi connectivity index (χ2n) is 6.03. The molecule has 3 nitrogen and oxygen atoms in total. The van der Waals surface area contributed by atoms with Crippen LogP contribution in [0.4, 0.5) is 5.69 Å². The topological polar surface area (TPSA) is 38.5 Å². The summed E-state index contributed by atoms with van der Waals surface area (Å²) in [6.45, 7) is 5.17. The number of rotatable bonds is 4. The van der Waals surface area contributed by atoms with Crippen LogP contribution in [-0.4, -0.2) is 25.7 Å². The van der Waals surface area contributed by atoms with Crippen molar-refractivity contribution < 1.29 is 4.74 Å². The first kappa shape index (κ1) is 12.8. The number of nitrogens with two attached hydrogens (primary N) is 1. The molecule has 1 aliphatic heterocycles. The highest BCUT2D eigenvalue weighted by molar-refractivity contribution is 5.53. The number of aryl methyl sites for hydroxylation is 1. The predicted octanol–water partition coefficient (Wildman–Crippen LogP) is 2.71. The van der Waals surface area contributed by atoms with E-state index in [4.69, 9.17) is 10.5 Å². The van der Waals surface area contributed by atoms with Gasteiger partial charge in [-0.2, -0.15) is 0 Å². The predicted molar refractivity (Wildman–Crippen MR) is 78.8 cm³/mol. The molecule has 104 valence electrons. The van der Waals surface area contributed by atoms with Crippen molar-refractivity contribution in [3.05, 3.63) is 23.8 Å². The summed E-state index contributed by atoms with van der Waals surface area (Å²) >= 11 is 0. The van der Waals surface area contributed by atoms with Crippen LogP contribution in [-0.2, 0) is 0 Å². The number of benzene rings is 1. The molecule has 3 heteroatoms. The average Bonchev–Trinajstić information content (AvgIpc) is 3.22. The summed E-state index contributed by atoms with van der Waals surface area (Å²) in [7, 11) is 0. The van der Waals surface area contributed by atoms with Gasteiger partial charge in [0.1, 0.15) is 5.75 Å². The normalized spacial score (nSPS) is 20.6. The summed E-state index contributed by atoms with van der Waals surface area (Å²) in [6.07, 6.45) is 4.87. The van der Waals surface area contributed by atoms with Crippen LogP contribution in [0.1, 0.15) is 31.2 Å². The summed E-state index contributed by atoms with van der Waals surface area (Å²) in [4.78, 5) is 2.43. The number of ether oxygens (including phenoxy) is 1. The monoisotopic (exact) mass is 260 g/mol. The molecule has 0 spiro atoms. The van der Waals surface area contributed by atoms with Crippen LogP contribution in [0.25, 0.3) is 0 Å². The lowest BCUT2D eigenvalue weighted by atomic mass is 10.0. The highest BCUT2D eigenvalue weighted by Crippen LogP contribution is 2.31.